The van der Waals surface area contributed by atoms with Crippen molar-refractivity contribution in [2.45, 2.75) is 26.4 Å². The molecule has 1 aromatic rings. The lowest BCUT2D eigenvalue weighted by molar-refractivity contribution is 0.0506. The molecule has 0 heterocycles. The number of carbonyl (C=O) groups is 2. The summed E-state index contributed by atoms with van der Waals surface area (Å²) in [5, 5.41) is 2.54. The number of urea groups is 1. The van der Waals surface area contributed by atoms with E-state index in [-0.39, 0.29) is 0 Å². The van der Waals surface area contributed by atoms with Crippen molar-refractivity contribution in [2.75, 3.05) is 5.32 Å². The molecule has 6 heteroatoms. The molecule has 98 valence electrons. The summed E-state index contributed by atoms with van der Waals surface area (Å²) in [5.74, 6) is 0. The Labute approximate surface area is 106 Å². The lowest BCUT2D eigenvalue weighted by Crippen LogP contribution is -2.46. The Kier molecular flexibility index (Phi) is 4.53. The number of para-hydroxylation sites is 1. The van der Waals surface area contributed by atoms with Crippen LogP contribution in [0.25, 0.3) is 0 Å². The van der Waals surface area contributed by atoms with Crippen molar-refractivity contribution in [3.05, 3.63) is 30.3 Å². The maximum absolute atomic E-state index is 11.4. The van der Waals surface area contributed by atoms with E-state index in [9.17, 15) is 9.59 Å². The zero-order valence-corrected chi connectivity index (χ0v) is 10.6. The van der Waals surface area contributed by atoms with Crippen LogP contribution in [0.2, 0.25) is 0 Å². The third kappa shape index (κ3) is 5.74. The SMILES string of the molecule is CC(C)(C)OC(=O)NNC(=O)Nc1ccccc1. The lowest BCUT2D eigenvalue weighted by atomic mass is 10.2. The van der Waals surface area contributed by atoms with Crippen molar-refractivity contribution in [1.82, 2.24) is 10.9 Å². The first-order valence-corrected chi connectivity index (χ1v) is 5.48. The van der Waals surface area contributed by atoms with Gasteiger partial charge in [-0.05, 0) is 32.9 Å². The highest BCUT2D eigenvalue weighted by Gasteiger charge is 2.16. The van der Waals surface area contributed by atoms with E-state index in [0.717, 1.165) is 0 Å². The quantitative estimate of drug-likeness (QED) is 0.670. The molecule has 0 unspecified atom stereocenters. The van der Waals surface area contributed by atoms with Crippen molar-refractivity contribution < 1.29 is 14.3 Å². The van der Waals surface area contributed by atoms with Crippen LogP contribution in [-0.4, -0.2) is 17.7 Å². The Morgan fingerprint density at radius 2 is 1.67 bits per heavy atom. The molecule has 0 spiro atoms. The van der Waals surface area contributed by atoms with E-state index in [0.29, 0.717) is 5.69 Å². The van der Waals surface area contributed by atoms with Gasteiger partial charge in [0.2, 0.25) is 0 Å². The predicted octanol–water partition coefficient (Wildman–Crippen LogP) is 2.25. The van der Waals surface area contributed by atoms with Gasteiger partial charge in [0.25, 0.3) is 0 Å². The number of hydrogen-bond acceptors (Lipinski definition) is 3. The van der Waals surface area contributed by atoms with Crippen LogP contribution < -0.4 is 16.2 Å². The normalized spacial score (nSPS) is 10.4. The molecule has 0 aliphatic carbocycles. The Bertz CT molecular complexity index is 412. The Balaban J connectivity index is 2.32. The molecule has 0 saturated heterocycles. The number of carbonyl (C=O) groups excluding carboxylic acids is 2. The molecule has 1 rings (SSSR count). The van der Waals surface area contributed by atoms with Crippen molar-refractivity contribution in [3.8, 4) is 0 Å². The third-order valence-corrected chi connectivity index (χ3v) is 1.71. The lowest BCUT2D eigenvalue weighted by Gasteiger charge is -2.19. The molecule has 18 heavy (non-hydrogen) atoms. The fourth-order valence-corrected chi connectivity index (χ4v) is 1.10. The molecule has 1 aromatic carbocycles. The van der Waals surface area contributed by atoms with Crippen LogP contribution in [0.4, 0.5) is 15.3 Å². The number of benzene rings is 1. The van der Waals surface area contributed by atoms with Crippen LogP contribution in [0.1, 0.15) is 20.8 Å². The van der Waals surface area contributed by atoms with Crippen LogP contribution >= 0.6 is 0 Å². The van der Waals surface area contributed by atoms with Gasteiger partial charge in [0.1, 0.15) is 5.60 Å². The molecule has 0 bridgehead atoms. The van der Waals surface area contributed by atoms with E-state index in [2.05, 4.69) is 16.2 Å². The van der Waals surface area contributed by atoms with Gasteiger partial charge in [-0.1, -0.05) is 18.2 Å². The van der Waals surface area contributed by atoms with E-state index >= 15 is 0 Å². The molecule has 0 radical (unpaired) electrons. The standard InChI is InChI=1S/C12H17N3O3/c1-12(2,3)18-11(17)15-14-10(16)13-9-7-5-4-6-8-9/h4-8H,1-3H3,(H,15,17)(H2,13,14,16). The van der Waals surface area contributed by atoms with Crippen molar-refractivity contribution in [2.24, 2.45) is 0 Å². The summed E-state index contributed by atoms with van der Waals surface area (Å²) < 4.78 is 4.95. The zero-order valence-electron chi connectivity index (χ0n) is 10.6. The largest absolute Gasteiger partial charge is 0.443 e. The Morgan fingerprint density at radius 1 is 1.06 bits per heavy atom. The number of anilines is 1. The number of nitrogens with one attached hydrogen (secondary N) is 3. The van der Waals surface area contributed by atoms with E-state index in [4.69, 9.17) is 4.74 Å². The fraction of sp³-hybridized carbons (Fsp3) is 0.333. The van der Waals surface area contributed by atoms with Gasteiger partial charge >= 0.3 is 12.1 Å². The summed E-state index contributed by atoms with van der Waals surface area (Å²) >= 11 is 0. The maximum Gasteiger partial charge on any atom is 0.426 e. The highest BCUT2D eigenvalue weighted by atomic mass is 16.6. The number of ether oxygens (including phenoxy) is 1. The molecule has 0 fully saturated rings. The molecular weight excluding hydrogens is 234 g/mol. The van der Waals surface area contributed by atoms with Crippen LogP contribution in [0, 0.1) is 0 Å². The van der Waals surface area contributed by atoms with E-state index in [1.54, 1.807) is 45.0 Å². The average molecular weight is 251 g/mol. The Morgan fingerprint density at radius 3 is 2.22 bits per heavy atom. The molecule has 0 aliphatic rings. The van der Waals surface area contributed by atoms with Crippen LogP contribution in [0.15, 0.2) is 30.3 Å². The number of hydrazine groups is 1. The topological polar surface area (TPSA) is 79.5 Å². The van der Waals surface area contributed by atoms with Gasteiger partial charge < -0.3 is 10.1 Å². The Hall–Kier alpha value is -2.24. The smallest absolute Gasteiger partial charge is 0.426 e. The summed E-state index contributed by atoms with van der Waals surface area (Å²) in [6.07, 6.45) is -0.717. The van der Waals surface area contributed by atoms with Gasteiger partial charge in [0, 0.05) is 5.69 Å². The third-order valence-electron chi connectivity index (χ3n) is 1.71. The molecule has 0 atom stereocenters. The van der Waals surface area contributed by atoms with Crippen LogP contribution in [0.5, 0.6) is 0 Å². The monoisotopic (exact) mass is 251 g/mol. The van der Waals surface area contributed by atoms with Crippen molar-refractivity contribution in [1.29, 1.82) is 0 Å². The van der Waals surface area contributed by atoms with Gasteiger partial charge in [0.05, 0.1) is 0 Å². The highest BCUT2D eigenvalue weighted by molar-refractivity contribution is 5.90. The minimum absolute atomic E-state index is 0.549. The highest BCUT2D eigenvalue weighted by Crippen LogP contribution is 2.06. The predicted molar refractivity (Wildman–Crippen MR) is 68.0 cm³/mol. The van der Waals surface area contributed by atoms with Crippen LogP contribution in [0.3, 0.4) is 0 Å². The minimum Gasteiger partial charge on any atom is -0.443 e. The molecule has 3 amide bonds. The average Bonchev–Trinajstić information content (AvgIpc) is 2.25. The number of rotatable bonds is 1. The molecule has 0 aliphatic heterocycles. The van der Waals surface area contributed by atoms with Crippen LogP contribution in [-0.2, 0) is 4.74 Å². The summed E-state index contributed by atoms with van der Waals surface area (Å²) in [6.45, 7) is 5.20. The second-order valence-corrected chi connectivity index (χ2v) is 4.57. The maximum atomic E-state index is 11.4. The first kappa shape index (κ1) is 13.8. The summed E-state index contributed by atoms with van der Waals surface area (Å²) in [4.78, 5) is 22.6. The van der Waals surface area contributed by atoms with E-state index < -0.39 is 17.7 Å². The fourth-order valence-electron chi connectivity index (χ4n) is 1.10. The van der Waals surface area contributed by atoms with Crippen molar-refractivity contribution >= 4 is 17.8 Å². The van der Waals surface area contributed by atoms with Gasteiger partial charge in [-0.25, -0.2) is 20.4 Å². The van der Waals surface area contributed by atoms with E-state index in [1.807, 2.05) is 6.07 Å². The second kappa shape index (κ2) is 5.90. The number of amides is 3. The van der Waals surface area contributed by atoms with Gasteiger partial charge in [-0.3, -0.25) is 0 Å². The first-order valence-electron chi connectivity index (χ1n) is 5.48. The van der Waals surface area contributed by atoms with Gasteiger partial charge in [-0.2, -0.15) is 0 Å². The molecule has 3 N–H and O–H groups in total. The molecule has 0 aromatic heterocycles. The molecule has 0 saturated carbocycles. The zero-order chi connectivity index (χ0) is 13.6. The molecule has 6 nitrogen and oxygen atoms in total. The molecular formula is C12H17N3O3. The summed E-state index contributed by atoms with van der Waals surface area (Å²) in [5.41, 5.74) is 4.33. The van der Waals surface area contributed by atoms with E-state index in [1.165, 1.54) is 0 Å². The van der Waals surface area contributed by atoms with Gasteiger partial charge in [-0.15, -0.1) is 0 Å². The van der Waals surface area contributed by atoms with Crippen molar-refractivity contribution in [3.63, 3.8) is 0 Å². The minimum atomic E-state index is -0.717. The first-order chi connectivity index (χ1) is 8.37. The number of hydrogen-bond donors (Lipinski definition) is 3. The second-order valence-electron chi connectivity index (χ2n) is 4.57. The summed E-state index contributed by atoms with van der Waals surface area (Å²) in [6, 6.07) is 8.32. The van der Waals surface area contributed by atoms with Gasteiger partial charge in [0.15, 0.2) is 0 Å². The summed E-state index contributed by atoms with van der Waals surface area (Å²) in [7, 11) is 0.